The van der Waals surface area contributed by atoms with E-state index >= 15 is 0 Å². The number of nitrogens with one attached hydrogen (secondary N) is 1. The van der Waals surface area contributed by atoms with Crippen molar-refractivity contribution in [2.45, 2.75) is 13.8 Å². The molecule has 27 heavy (non-hydrogen) atoms. The summed E-state index contributed by atoms with van der Waals surface area (Å²) in [6.45, 7) is 4.75. The number of hydrogen-bond acceptors (Lipinski definition) is 6. The number of anilines is 1. The molecule has 0 saturated carbocycles. The van der Waals surface area contributed by atoms with E-state index in [0.29, 0.717) is 30.3 Å². The van der Waals surface area contributed by atoms with Crippen LogP contribution >= 0.6 is 0 Å². The van der Waals surface area contributed by atoms with Gasteiger partial charge in [0, 0.05) is 11.1 Å². The van der Waals surface area contributed by atoms with Gasteiger partial charge >= 0.3 is 6.01 Å². The lowest BCUT2D eigenvalue weighted by atomic mass is 10.2. The Hall–Kier alpha value is -3.42. The molecule has 7 nitrogen and oxygen atoms in total. The summed E-state index contributed by atoms with van der Waals surface area (Å²) < 4.78 is 29.5. The number of hydrogen-bond donors (Lipinski definition) is 1. The summed E-state index contributed by atoms with van der Waals surface area (Å²) >= 11 is 0. The molecule has 140 valence electrons. The van der Waals surface area contributed by atoms with Crippen LogP contribution in [0, 0.1) is 5.82 Å². The SMILES string of the molecule is CCOc1ccc(-c2nnc(NC(=O)c3ccc(F)cc3)o2)cc1OCC. The molecule has 0 unspecified atom stereocenters. The summed E-state index contributed by atoms with van der Waals surface area (Å²) in [5.41, 5.74) is 0.896. The van der Waals surface area contributed by atoms with Crippen molar-refractivity contribution < 1.29 is 23.1 Å². The largest absolute Gasteiger partial charge is 0.490 e. The summed E-state index contributed by atoms with van der Waals surface area (Å²) in [4.78, 5) is 12.1. The van der Waals surface area contributed by atoms with Crippen LogP contribution in [0.25, 0.3) is 11.5 Å². The average molecular weight is 371 g/mol. The highest BCUT2D eigenvalue weighted by atomic mass is 19.1. The number of rotatable bonds is 7. The normalized spacial score (nSPS) is 10.5. The molecule has 3 aromatic rings. The van der Waals surface area contributed by atoms with Crippen molar-refractivity contribution >= 4 is 11.9 Å². The average Bonchev–Trinajstić information content (AvgIpc) is 3.12. The van der Waals surface area contributed by atoms with Gasteiger partial charge in [-0.3, -0.25) is 10.1 Å². The third-order valence-corrected chi connectivity index (χ3v) is 3.54. The maximum absolute atomic E-state index is 12.9. The van der Waals surface area contributed by atoms with Gasteiger partial charge in [0.15, 0.2) is 11.5 Å². The van der Waals surface area contributed by atoms with Crippen LogP contribution in [0.15, 0.2) is 46.9 Å². The number of amides is 1. The Morgan fingerprint density at radius 2 is 1.74 bits per heavy atom. The Morgan fingerprint density at radius 3 is 2.44 bits per heavy atom. The summed E-state index contributed by atoms with van der Waals surface area (Å²) in [7, 11) is 0. The lowest BCUT2D eigenvalue weighted by Crippen LogP contribution is -2.12. The molecule has 0 aliphatic heterocycles. The quantitative estimate of drug-likeness (QED) is 0.677. The Morgan fingerprint density at radius 1 is 1.04 bits per heavy atom. The zero-order valence-electron chi connectivity index (χ0n) is 14.9. The monoisotopic (exact) mass is 371 g/mol. The molecule has 0 spiro atoms. The van der Waals surface area contributed by atoms with Crippen LogP contribution in [0.2, 0.25) is 0 Å². The Labute approximate surface area is 155 Å². The van der Waals surface area contributed by atoms with E-state index in [2.05, 4.69) is 15.5 Å². The molecule has 0 atom stereocenters. The van der Waals surface area contributed by atoms with E-state index in [4.69, 9.17) is 13.9 Å². The van der Waals surface area contributed by atoms with Crippen LogP contribution in [0.3, 0.4) is 0 Å². The molecule has 1 aromatic heterocycles. The predicted octanol–water partition coefficient (Wildman–Crippen LogP) is 3.93. The fourth-order valence-electron chi connectivity index (χ4n) is 2.35. The van der Waals surface area contributed by atoms with E-state index < -0.39 is 11.7 Å². The van der Waals surface area contributed by atoms with Crippen LogP contribution in [-0.4, -0.2) is 29.3 Å². The van der Waals surface area contributed by atoms with Crippen molar-refractivity contribution in [1.29, 1.82) is 0 Å². The Balaban J connectivity index is 1.77. The van der Waals surface area contributed by atoms with E-state index in [9.17, 15) is 9.18 Å². The number of nitrogens with zero attached hydrogens (tertiary/aromatic N) is 2. The summed E-state index contributed by atoms with van der Waals surface area (Å²) in [5, 5.41) is 10.2. The summed E-state index contributed by atoms with van der Waals surface area (Å²) in [5.74, 6) is 0.493. The first-order chi connectivity index (χ1) is 13.1. The molecule has 3 rings (SSSR count). The molecular formula is C19H18FN3O4. The van der Waals surface area contributed by atoms with Crippen LogP contribution in [0.5, 0.6) is 11.5 Å². The van der Waals surface area contributed by atoms with Crippen molar-refractivity contribution in [3.05, 3.63) is 53.8 Å². The van der Waals surface area contributed by atoms with Crippen molar-refractivity contribution in [2.75, 3.05) is 18.5 Å². The first-order valence-corrected chi connectivity index (χ1v) is 8.41. The van der Waals surface area contributed by atoms with Gasteiger partial charge in [-0.25, -0.2) is 4.39 Å². The van der Waals surface area contributed by atoms with Crippen molar-refractivity contribution in [3.63, 3.8) is 0 Å². The molecular weight excluding hydrogens is 353 g/mol. The van der Waals surface area contributed by atoms with Crippen LogP contribution in [0.1, 0.15) is 24.2 Å². The topological polar surface area (TPSA) is 86.5 Å². The second-order valence-corrected chi connectivity index (χ2v) is 5.40. The minimum Gasteiger partial charge on any atom is -0.490 e. The minimum absolute atomic E-state index is 0.0637. The van der Waals surface area contributed by atoms with Gasteiger partial charge in [0.2, 0.25) is 5.89 Å². The molecule has 1 amide bonds. The maximum Gasteiger partial charge on any atom is 0.322 e. The molecule has 1 heterocycles. The second-order valence-electron chi connectivity index (χ2n) is 5.40. The van der Waals surface area contributed by atoms with Crippen molar-refractivity contribution in [1.82, 2.24) is 10.2 Å². The highest BCUT2D eigenvalue weighted by Gasteiger charge is 2.15. The number of halogens is 1. The first kappa shape index (κ1) is 18.4. The standard InChI is InChI=1S/C19H18FN3O4/c1-3-25-15-10-7-13(11-16(15)26-4-2)18-22-23-19(27-18)21-17(24)12-5-8-14(20)9-6-12/h5-11H,3-4H2,1-2H3,(H,21,23,24). The third kappa shape index (κ3) is 4.41. The highest BCUT2D eigenvalue weighted by Crippen LogP contribution is 2.32. The number of carbonyl (C=O) groups excluding carboxylic acids is 1. The maximum atomic E-state index is 12.9. The molecule has 0 aliphatic rings. The van der Waals surface area contributed by atoms with Gasteiger partial charge in [-0.1, -0.05) is 5.10 Å². The molecule has 8 heteroatoms. The minimum atomic E-state index is -0.480. The van der Waals surface area contributed by atoms with Gasteiger partial charge < -0.3 is 13.9 Å². The predicted molar refractivity (Wildman–Crippen MR) is 96.4 cm³/mol. The van der Waals surface area contributed by atoms with Gasteiger partial charge in [0.1, 0.15) is 5.82 Å². The molecule has 2 aromatic carbocycles. The third-order valence-electron chi connectivity index (χ3n) is 3.54. The lowest BCUT2D eigenvalue weighted by molar-refractivity contribution is 0.102. The van der Waals surface area contributed by atoms with Crippen LogP contribution < -0.4 is 14.8 Å². The van der Waals surface area contributed by atoms with Gasteiger partial charge in [0.05, 0.1) is 13.2 Å². The zero-order valence-corrected chi connectivity index (χ0v) is 14.9. The van der Waals surface area contributed by atoms with E-state index in [1.54, 1.807) is 18.2 Å². The fourth-order valence-corrected chi connectivity index (χ4v) is 2.35. The van der Waals surface area contributed by atoms with Crippen molar-refractivity contribution in [3.8, 4) is 23.0 Å². The Bertz CT molecular complexity index is 925. The van der Waals surface area contributed by atoms with E-state index in [1.807, 2.05) is 13.8 Å². The number of benzene rings is 2. The van der Waals surface area contributed by atoms with Gasteiger partial charge in [-0.05, 0) is 56.3 Å². The smallest absolute Gasteiger partial charge is 0.322 e. The Kier molecular flexibility index (Phi) is 5.65. The van der Waals surface area contributed by atoms with E-state index in [0.717, 1.165) is 0 Å². The van der Waals surface area contributed by atoms with E-state index in [-0.39, 0.29) is 17.5 Å². The van der Waals surface area contributed by atoms with Gasteiger partial charge in [0.25, 0.3) is 5.91 Å². The van der Waals surface area contributed by atoms with E-state index in [1.165, 1.54) is 24.3 Å². The van der Waals surface area contributed by atoms with Crippen LogP contribution in [0.4, 0.5) is 10.4 Å². The molecule has 0 bridgehead atoms. The number of ether oxygens (including phenoxy) is 2. The summed E-state index contributed by atoms with van der Waals surface area (Å²) in [6.07, 6.45) is 0. The van der Waals surface area contributed by atoms with Gasteiger partial charge in [-0.2, -0.15) is 0 Å². The molecule has 0 fully saturated rings. The molecule has 0 saturated heterocycles. The number of carbonyl (C=O) groups is 1. The molecule has 1 N–H and O–H groups in total. The summed E-state index contributed by atoms with van der Waals surface area (Å²) in [6, 6.07) is 10.3. The number of aromatic nitrogens is 2. The lowest BCUT2D eigenvalue weighted by Gasteiger charge is -2.11. The van der Waals surface area contributed by atoms with Gasteiger partial charge in [-0.15, -0.1) is 5.10 Å². The second kappa shape index (κ2) is 8.31. The zero-order chi connectivity index (χ0) is 19.2. The fraction of sp³-hybridized carbons (Fsp3) is 0.211. The molecule has 0 aliphatic carbocycles. The first-order valence-electron chi connectivity index (χ1n) is 8.41. The highest BCUT2D eigenvalue weighted by molar-refractivity contribution is 6.03. The molecule has 0 radical (unpaired) electrons. The van der Waals surface area contributed by atoms with Crippen molar-refractivity contribution in [2.24, 2.45) is 0 Å². The van der Waals surface area contributed by atoms with Crippen LogP contribution in [-0.2, 0) is 0 Å².